The van der Waals surface area contributed by atoms with Crippen LogP contribution in [0.1, 0.15) is 23.4 Å². The highest BCUT2D eigenvalue weighted by molar-refractivity contribution is 5.93. The predicted molar refractivity (Wildman–Crippen MR) is 47.0 cm³/mol. The zero-order valence-corrected chi connectivity index (χ0v) is 7.45. The quantitative estimate of drug-likeness (QED) is 0.671. The molecule has 0 saturated heterocycles. The Labute approximate surface area is 80.4 Å². The van der Waals surface area contributed by atoms with Gasteiger partial charge in [0.1, 0.15) is 0 Å². The first kappa shape index (κ1) is 8.80. The third-order valence-corrected chi connectivity index (χ3v) is 1.99. The minimum Gasteiger partial charge on any atom is -0.459 e. The molecule has 0 atom stereocenters. The maximum atomic E-state index is 11.2. The van der Waals surface area contributed by atoms with Crippen molar-refractivity contribution in [3.63, 3.8) is 0 Å². The number of furan rings is 1. The summed E-state index contributed by atoms with van der Waals surface area (Å²) >= 11 is 0. The van der Waals surface area contributed by atoms with E-state index >= 15 is 0 Å². The van der Waals surface area contributed by atoms with Crippen LogP contribution in [0.25, 0.3) is 0 Å². The lowest BCUT2D eigenvalue weighted by molar-refractivity contribution is -0.123. The van der Waals surface area contributed by atoms with Crippen molar-refractivity contribution in [3.8, 4) is 0 Å². The van der Waals surface area contributed by atoms with Crippen molar-refractivity contribution in [1.82, 2.24) is 10.9 Å². The average Bonchev–Trinajstić information content (AvgIpc) is 2.90. The summed E-state index contributed by atoms with van der Waals surface area (Å²) in [6.07, 6.45) is 3.21. The summed E-state index contributed by atoms with van der Waals surface area (Å²) in [7, 11) is 0. The lowest BCUT2D eigenvalue weighted by Gasteiger charge is -2.03. The molecule has 74 valence electrons. The Morgan fingerprint density at radius 2 is 2.14 bits per heavy atom. The molecule has 0 aromatic carbocycles. The monoisotopic (exact) mass is 194 g/mol. The number of nitrogens with one attached hydrogen (secondary N) is 2. The van der Waals surface area contributed by atoms with Gasteiger partial charge in [0.05, 0.1) is 6.26 Å². The number of hydrogen-bond donors (Lipinski definition) is 2. The standard InChI is InChI=1S/C9H10N2O3/c12-8(6-3-4-6)10-11-9(13)7-2-1-5-14-7/h1-2,5-6H,3-4H2,(H,10,12)(H,11,13). The van der Waals surface area contributed by atoms with Crippen LogP contribution in [0.5, 0.6) is 0 Å². The summed E-state index contributed by atoms with van der Waals surface area (Å²) in [6, 6.07) is 3.14. The summed E-state index contributed by atoms with van der Waals surface area (Å²) in [5, 5.41) is 0. The SMILES string of the molecule is O=C(NNC(=O)C1CC1)c1ccco1. The lowest BCUT2D eigenvalue weighted by Crippen LogP contribution is -2.42. The highest BCUT2D eigenvalue weighted by Gasteiger charge is 2.29. The molecule has 1 saturated carbocycles. The van der Waals surface area contributed by atoms with Gasteiger partial charge in [0.2, 0.25) is 5.91 Å². The second kappa shape index (κ2) is 3.53. The molecule has 2 rings (SSSR count). The van der Waals surface area contributed by atoms with E-state index in [1.165, 1.54) is 12.3 Å². The van der Waals surface area contributed by atoms with Crippen LogP contribution in [0.4, 0.5) is 0 Å². The van der Waals surface area contributed by atoms with Gasteiger partial charge in [-0.25, -0.2) is 0 Å². The van der Waals surface area contributed by atoms with Crippen molar-refractivity contribution in [3.05, 3.63) is 24.2 Å². The van der Waals surface area contributed by atoms with Crippen LogP contribution in [0.2, 0.25) is 0 Å². The maximum absolute atomic E-state index is 11.2. The molecule has 1 aromatic rings. The van der Waals surface area contributed by atoms with Crippen molar-refractivity contribution in [2.24, 2.45) is 5.92 Å². The molecule has 0 aliphatic heterocycles. The van der Waals surface area contributed by atoms with E-state index in [0.717, 1.165) is 12.8 Å². The van der Waals surface area contributed by atoms with Crippen LogP contribution in [0.3, 0.4) is 0 Å². The van der Waals surface area contributed by atoms with Gasteiger partial charge < -0.3 is 4.42 Å². The highest BCUT2D eigenvalue weighted by Crippen LogP contribution is 2.28. The smallest absolute Gasteiger partial charge is 0.305 e. The van der Waals surface area contributed by atoms with E-state index in [-0.39, 0.29) is 17.6 Å². The Hall–Kier alpha value is -1.78. The van der Waals surface area contributed by atoms with Crippen LogP contribution in [-0.4, -0.2) is 11.8 Å². The van der Waals surface area contributed by atoms with Crippen molar-refractivity contribution in [1.29, 1.82) is 0 Å². The Morgan fingerprint density at radius 1 is 1.36 bits per heavy atom. The van der Waals surface area contributed by atoms with E-state index in [1.807, 2.05) is 0 Å². The van der Waals surface area contributed by atoms with Gasteiger partial charge in [0, 0.05) is 5.92 Å². The topological polar surface area (TPSA) is 71.3 Å². The van der Waals surface area contributed by atoms with Crippen LogP contribution < -0.4 is 10.9 Å². The average molecular weight is 194 g/mol. The van der Waals surface area contributed by atoms with Gasteiger partial charge in [0.15, 0.2) is 5.76 Å². The number of carbonyl (C=O) groups excluding carboxylic acids is 2. The molecular weight excluding hydrogens is 184 g/mol. The van der Waals surface area contributed by atoms with E-state index < -0.39 is 5.91 Å². The van der Waals surface area contributed by atoms with Crippen LogP contribution in [0, 0.1) is 5.92 Å². The molecule has 14 heavy (non-hydrogen) atoms. The minimum atomic E-state index is -0.441. The fourth-order valence-corrected chi connectivity index (χ4v) is 1.04. The molecule has 1 fully saturated rings. The van der Waals surface area contributed by atoms with Crippen LogP contribution in [0.15, 0.2) is 22.8 Å². The second-order valence-electron chi connectivity index (χ2n) is 3.19. The number of rotatable bonds is 2. The zero-order valence-electron chi connectivity index (χ0n) is 7.45. The first-order chi connectivity index (χ1) is 6.77. The fraction of sp³-hybridized carbons (Fsp3) is 0.333. The molecule has 0 spiro atoms. The number of amides is 2. The predicted octanol–water partition coefficient (Wildman–Crippen LogP) is 0.451. The molecule has 1 aliphatic carbocycles. The first-order valence-electron chi connectivity index (χ1n) is 4.41. The number of hydrogen-bond acceptors (Lipinski definition) is 3. The third-order valence-electron chi connectivity index (χ3n) is 1.99. The molecule has 0 unspecified atom stereocenters. The Morgan fingerprint density at radius 3 is 2.71 bits per heavy atom. The molecule has 5 nitrogen and oxygen atoms in total. The number of carbonyl (C=O) groups is 2. The van der Waals surface area contributed by atoms with E-state index in [1.54, 1.807) is 6.07 Å². The van der Waals surface area contributed by atoms with Gasteiger partial charge in [-0.2, -0.15) is 0 Å². The summed E-state index contributed by atoms with van der Waals surface area (Å²) in [4.78, 5) is 22.4. The normalized spacial score (nSPS) is 14.9. The van der Waals surface area contributed by atoms with E-state index in [4.69, 9.17) is 4.42 Å². The molecule has 1 heterocycles. The minimum absolute atomic E-state index is 0.0758. The summed E-state index contributed by atoms with van der Waals surface area (Å²) < 4.78 is 4.84. The van der Waals surface area contributed by atoms with Gasteiger partial charge >= 0.3 is 5.91 Å². The van der Waals surface area contributed by atoms with Crippen molar-refractivity contribution in [2.45, 2.75) is 12.8 Å². The van der Waals surface area contributed by atoms with E-state index in [9.17, 15) is 9.59 Å². The first-order valence-corrected chi connectivity index (χ1v) is 4.41. The fourth-order valence-electron chi connectivity index (χ4n) is 1.04. The zero-order chi connectivity index (χ0) is 9.97. The van der Waals surface area contributed by atoms with Gasteiger partial charge in [-0.3, -0.25) is 20.4 Å². The van der Waals surface area contributed by atoms with Crippen molar-refractivity contribution < 1.29 is 14.0 Å². The van der Waals surface area contributed by atoms with Crippen LogP contribution >= 0.6 is 0 Å². The van der Waals surface area contributed by atoms with Crippen LogP contribution in [-0.2, 0) is 4.79 Å². The summed E-state index contributed by atoms with van der Waals surface area (Å²) in [5.74, 6) is -0.318. The van der Waals surface area contributed by atoms with Gasteiger partial charge in [-0.1, -0.05) is 0 Å². The molecule has 1 aromatic heterocycles. The largest absolute Gasteiger partial charge is 0.459 e. The third kappa shape index (κ3) is 1.93. The van der Waals surface area contributed by atoms with Gasteiger partial charge in [-0.05, 0) is 25.0 Å². The molecule has 2 amide bonds. The van der Waals surface area contributed by atoms with Crippen molar-refractivity contribution in [2.75, 3.05) is 0 Å². The lowest BCUT2D eigenvalue weighted by atomic mass is 10.4. The van der Waals surface area contributed by atoms with Gasteiger partial charge in [-0.15, -0.1) is 0 Å². The second-order valence-corrected chi connectivity index (χ2v) is 3.19. The molecule has 0 bridgehead atoms. The van der Waals surface area contributed by atoms with E-state index in [0.29, 0.717) is 0 Å². The molecule has 1 aliphatic rings. The van der Waals surface area contributed by atoms with Gasteiger partial charge in [0.25, 0.3) is 0 Å². The van der Waals surface area contributed by atoms with E-state index in [2.05, 4.69) is 10.9 Å². The van der Waals surface area contributed by atoms with Crippen molar-refractivity contribution >= 4 is 11.8 Å². The molecule has 2 N–H and O–H groups in total. The summed E-state index contributed by atoms with van der Waals surface area (Å²) in [6.45, 7) is 0. The maximum Gasteiger partial charge on any atom is 0.305 e. The summed E-state index contributed by atoms with van der Waals surface area (Å²) in [5.41, 5.74) is 4.61. The molecule has 0 radical (unpaired) electrons. The Balaban J connectivity index is 1.80. The highest BCUT2D eigenvalue weighted by atomic mass is 16.3. The molecule has 5 heteroatoms. The Bertz CT molecular complexity index is 341. The number of hydrazine groups is 1. The molecular formula is C9H10N2O3. The Kier molecular flexibility index (Phi) is 2.22.